The van der Waals surface area contributed by atoms with Crippen molar-refractivity contribution < 1.29 is 9.53 Å². The van der Waals surface area contributed by atoms with Crippen molar-refractivity contribution in [3.05, 3.63) is 0 Å². The van der Waals surface area contributed by atoms with Gasteiger partial charge in [0.1, 0.15) is 6.04 Å². The first kappa shape index (κ1) is 10.9. The van der Waals surface area contributed by atoms with E-state index < -0.39 is 0 Å². The first-order valence-corrected chi connectivity index (χ1v) is 6.15. The van der Waals surface area contributed by atoms with Crippen LogP contribution in [0.5, 0.6) is 0 Å². The van der Waals surface area contributed by atoms with Crippen LogP contribution < -0.4 is 5.32 Å². The molecule has 0 amide bonds. The highest BCUT2D eigenvalue weighted by Gasteiger charge is 2.34. The molecule has 86 valence electrons. The minimum atomic E-state index is -0.0895. The maximum atomic E-state index is 11.4. The molecule has 0 spiro atoms. The monoisotopic (exact) mass is 211 g/mol. The number of hydrogen-bond acceptors (Lipinski definition) is 3. The molecule has 0 aromatic carbocycles. The summed E-state index contributed by atoms with van der Waals surface area (Å²) in [4.78, 5) is 11.4. The van der Waals surface area contributed by atoms with E-state index in [0.29, 0.717) is 6.04 Å². The van der Waals surface area contributed by atoms with Crippen LogP contribution >= 0.6 is 0 Å². The smallest absolute Gasteiger partial charge is 0.322 e. The molecular formula is C12H21NO2. The fourth-order valence-electron chi connectivity index (χ4n) is 3.01. The third kappa shape index (κ3) is 2.51. The summed E-state index contributed by atoms with van der Waals surface area (Å²) in [6.45, 7) is 0. The number of carbonyl (C=O) groups is 1. The summed E-state index contributed by atoms with van der Waals surface area (Å²) in [6, 6.07) is 0.524. The van der Waals surface area contributed by atoms with Crippen molar-refractivity contribution in [3.8, 4) is 0 Å². The Morgan fingerprint density at radius 2 is 1.87 bits per heavy atom. The second-order valence-corrected chi connectivity index (χ2v) is 4.82. The largest absolute Gasteiger partial charge is 0.468 e. The normalized spacial score (nSPS) is 32.9. The Morgan fingerprint density at radius 1 is 1.13 bits per heavy atom. The van der Waals surface area contributed by atoms with Crippen LogP contribution in [0.2, 0.25) is 0 Å². The van der Waals surface area contributed by atoms with E-state index in [1.54, 1.807) is 0 Å². The lowest BCUT2D eigenvalue weighted by Gasteiger charge is -2.27. The second-order valence-electron chi connectivity index (χ2n) is 4.82. The molecule has 1 saturated heterocycles. The Bertz CT molecular complexity index is 224. The molecule has 2 unspecified atom stereocenters. The van der Waals surface area contributed by atoms with Crippen molar-refractivity contribution >= 4 is 5.97 Å². The van der Waals surface area contributed by atoms with Crippen LogP contribution in [0, 0.1) is 5.92 Å². The van der Waals surface area contributed by atoms with E-state index in [2.05, 4.69) is 5.32 Å². The van der Waals surface area contributed by atoms with Crippen LogP contribution in [0.1, 0.15) is 44.9 Å². The second kappa shape index (κ2) is 4.97. The molecule has 1 saturated carbocycles. The summed E-state index contributed by atoms with van der Waals surface area (Å²) in [7, 11) is 1.47. The van der Waals surface area contributed by atoms with E-state index in [1.165, 1.54) is 39.2 Å². The number of hydrogen-bond donors (Lipinski definition) is 1. The van der Waals surface area contributed by atoms with Gasteiger partial charge in [-0.25, -0.2) is 0 Å². The molecule has 1 aliphatic heterocycles. The summed E-state index contributed by atoms with van der Waals surface area (Å²) < 4.78 is 4.77. The molecule has 0 radical (unpaired) electrons. The van der Waals surface area contributed by atoms with Crippen molar-refractivity contribution in [2.45, 2.75) is 57.0 Å². The fraction of sp³-hybridized carbons (Fsp3) is 0.917. The van der Waals surface area contributed by atoms with Gasteiger partial charge in [0, 0.05) is 6.04 Å². The Balaban J connectivity index is 1.83. The summed E-state index contributed by atoms with van der Waals surface area (Å²) >= 11 is 0. The van der Waals surface area contributed by atoms with Crippen molar-refractivity contribution in [2.75, 3.05) is 7.11 Å². The summed E-state index contributed by atoms with van der Waals surface area (Å²) in [5, 5.41) is 3.44. The molecule has 2 rings (SSSR count). The Kier molecular flexibility index (Phi) is 3.62. The Labute approximate surface area is 91.6 Å². The molecule has 2 atom stereocenters. The van der Waals surface area contributed by atoms with E-state index in [0.717, 1.165) is 18.8 Å². The molecule has 1 N–H and O–H groups in total. The lowest BCUT2D eigenvalue weighted by Crippen LogP contribution is -2.40. The van der Waals surface area contributed by atoms with Crippen LogP contribution in [0.4, 0.5) is 0 Å². The predicted molar refractivity (Wildman–Crippen MR) is 58.5 cm³/mol. The number of methoxy groups -OCH3 is 1. The fourth-order valence-corrected chi connectivity index (χ4v) is 3.01. The molecule has 2 aliphatic rings. The van der Waals surface area contributed by atoms with Gasteiger partial charge in [0.25, 0.3) is 0 Å². The van der Waals surface area contributed by atoms with Crippen molar-refractivity contribution in [3.63, 3.8) is 0 Å². The zero-order valence-electron chi connectivity index (χ0n) is 9.50. The van der Waals surface area contributed by atoms with E-state index in [4.69, 9.17) is 4.74 Å². The Morgan fingerprint density at radius 3 is 2.53 bits per heavy atom. The van der Waals surface area contributed by atoms with Crippen molar-refractivity contribution in [1.82, 2.24) is 5.32 Å². The zero-order chi connectivity index (χ0) is 10.7. The molecule has 1 heterocycles. The van der Waals surface area contributed by atoms with Gasteiger partial charge >= 0.3 is 5.97 Å². The number of rotatable bonds is 2. The number of nitrogens with one attached hydrogen (secondary N) is 1. The SMILES string of the molecule is COC(=O)C1CCC(C2CCCCC2)N1. The summed E-state index contributed by atoms with van der Waals surface area (Å²) in [5.41, 5.74) is 0. The lowest BCUT2D eigenvalue weighted by molar-refractivity contribution is -0.142. The molecule has 1 aliphatic carbocycles. The minimum absolute atomic E-state index is 0.0399. The molecule has 0 bridgehead atoms. The van der Waals surface area contributed by atoms with E-state index in [-0.39, 0.29) is 12.0 Å². The third-order valence-electron chi connectivity index (χ3n) is 3.89. The van der Waals surface area contributed by atoms with Gasteiger partial charge in [-0.2, -0.15) is 0 Å². The first-order valence-electron chi connectivity index (χ1n) is 6.15. The highest BCUT2D eigenvalue weighted by atomic mass is 16.5. The first-order chi connectivity index (χ1) is 7.31. The van der Waals surface area contributed by atoms with Gasteiger partial charge in [0.05, 0.1) is 7.11 Å². The Hall–Kier alpha value is -0.570. The molecule has 0 aromatic heterocycles. The van der Waals surface area contributed by atoms with Gasteiger partial charge in [0.15, 0.2) is 0 Å². The highest BCUT2D eigenvalue weighted by Crippen LogP contribution is 2.31. The minimum Gasteiger partial charge on any atom is -0.468 e. The maximum absolute atomic E-state index is 11.4. The van der Waals surface area contributed by atoms with Gasteiger partial charge in [-0.1, -0.05) is 19.3 Å². The molecule has 0 aromatic rings. The van der Waals surface area contributed by atoms with Crippen molar-refractivity contribution in [1.29, 1.82) is 0 Å². The van der Waals surface area contributed by atoms with Gasteiger partial charge in [0.2, 0.25) is 0 Å². The number of carbonyl (C=O) groups excluding carboxylic acids is 1. The van der Waals surface area contributed by atoms with Gasteiger partial charge in [-0.05, 0) is 31.6 Å². The lowest BCUT2D eigenvalue weighted by atomic mass is 9.83. The van der Waals surface area contributed by atoms with E-state index in [9.17, 15) is 4.79 Å². The van der Waals surface area contributed by atoms with Crippen LogP contribution in [0.25, 0.3) is 0 Å². The van der Waals surface area contributed by atoms with Gasteiger partial charge in [-0.3, -0.25) is 4.79 Å². The van der Waals surface area contributed by atoms with Gasteiger partial charge in [-0.15, -0.1) is 0 Å². The van der Waals surface area contributed by atoms with E-state index in [1.807, 2.05) is 0 Å². The van der Waals surface area contributed by atoms with Crippen molar-refractivity contribution in [2.24, 2.45) is 5.92 Å². The molecule has 3 heteroatoms. The average Bonchev–Trinajstić information content (AvgIpc) is 2.78. The zero-order valence-corrected chi connectivity index (χ0v) is 9.50. The maximum Gasteiger partial charge on any atom is 0.322 e. The summed E-state index contributed by atoms with van der Waals surface area (Å²) in [5.74, 6) is 0.710. The molecule has 2 fully saturated rings. The van der Waals surface area contributed by atoms with Crippen LogP contribution in [0.3, 0.4) is 0 Å². The van der Waals surface area contributed by atoms with Crippen LogP contribution in [0.15, 0.2) is 0 Å². The molecule has 15 heavy (non-hydrogen) atoms. The number of esters is 1. The summed E-state index contributed by atoms with van der Waals surface area (Å²) in [6.07, 6.45) is 8.90. The van der Waals surface area contributed by atoms with Crippen LogP contribution in [-0.4, -0.2) is 25.2 Å². The quantitative estimate of drug-likeness (QED) is 0.708. The van der Waals surface area contributed by atoms with E-state index >= 15 is 0 Å². The standard InChI is InChI=1S/C12H21NO2/c1-15-12(14)11-8-7-10(13-11)9-5-3-2-4-6-9/h9-11,13H,2-8H2,1H3. The highest BCUT2D eigenvalue weighted by molar-refractivity contribution is 5.76. The van der Waals surface area contributed by atoms with Crippen LogP contribution in [-0.2, 0) is 9.53 Å². The third-order valence-corrected chi connectivity index (χ3v) is 3.89. The molecular weight excluding hydrogens is 190 g/mol. The predicted octanol–water partition coefficient (Wildman–Crippen LogP) is 1.86. The molecule has 3 nitrogen and oxygen atoms in total. The van der Waals surface area contributed by atoms with Gasteiger partial charge < -0.3 is 10.1 Å². The number of ether oxygens (including phenoxy) is 1. The average molecular weight is 211 g/mol. The topological polar surface area (TPSA) is 38.3 Å².